The van der Waals surface area contributed by atoms with Crippen LogP contribution in [0, 0.1) is 12.8 Å². The van der Waals surface area contributed by atoms with Gasteiger partial charge in [0.05, 0.1) is 23.2 Å². The highest BCUT2D eigenvalue weighted by molar-refractivity contribution is 6.06. The van der Waals surface area contributed by atoms with Crippen LogP contribution in [0.4, 0.5) is 0 Å². The van der Waals surface area contributed by atoms with Crippen molar-refractivity contribution in [3.05, 3.63) is 29.5 Å². The van der Waals surface area contributed by atoms with Gasteiger partial charge >= 0.3 is 5.97 Å². The molecule has 0 aliphatic carbocycles. The summed E-state index contributed by atoms with van der Waals surface area (Å²) in [6, 6.07) is 3.77. The largest absolute Gasteiger partial charge is 0.481 e. The first-order valence-electron chi connectivity index (χ1n) is 6.52. The van der Waals surface area contributed by atoms with Gasteiger partial charge in [0, 0.05) is 18.5 Å². The van der Waals surface area contributed by atoms with E-state index in [9.17, 15) is 9.59 Å². The molecule has 0 bridgehead atoms. The molecular formula is C14H15N3O3. The fourth-order valence-electron chi connectivity index (χ4n) is 2.69. The summed E-state index contributed by atoms with van der Waals surface area (Å²) < 4.78 is 0. The fraction of sp³-hybridized carbons (Fsp3) is 0.357. The number of aliphatic carboxylic acids is 1. The number of H-pyrrole nitrogens is 1. The van der Waals surface area contributed by atoms with Crippen molar-refractivity contribution in [1.29, 1.82) is 0 Å². The summed E-state index contributed by atoms with van der Waals surface area (Å²) in [5.41, 5.74) is 2.25. The van der Waals surface area contributed by atoms with Gasteiger partial charge in [-0.25, -0.2) is 0 Å². The second-order valence-electron chi connectivity index (χ2n) is 5.22. The second-order valence-corrected chi connectivity index (χ2v) is 5.22. The molecule has 2 aromatic rings. The Morgan fingerprint density at radius 2 is 2.25 bits per heavy atom. The molecule has 104 valence electrons. The van der Waals surface area contributed by atoms with E-state index in [4.69, 9.17) is 5.11 Å². The number of likely N-dealkylation sites (tertiary alicyclic amines) is 1. The number of benzene rings is 1. The van der Waals surface area contributed by atoms with E-state index in [-0.39, 0.29) is 12.5 Å². The van der Waals surface area contributed by atoms with Crippen LogP contribution in [0.3, 0.4) is 0 Å². The number of fused-ring (bicyclic) bond motifs is 1. The third-order valence-corrected chi connectivity index (χ3v) is 3.75. The Kier molecular flexibility index (Phi) is 2.93. The number of amides is 1. The highest BCUT2D eigenvalue weighted by Gasteiger charge is 2.32. The first-order valence-corrected chi connectivity index (χ1v) is 6.52. The standard InChI is InChI=1S/C14H15N3O3/c1-8-4-10-6-15-16-12(10)11(5-8)13(18)17-3-2-9(7-17)14(19)20/h4-6,9H,2-3,7H2,1H3,(H,15,16)(H,19,20). The maximum Gasteiger partial charge on any atom is 0.308 e. The minimum atomic E-state index is -0.837. The smallest absolute Gasteiger partial charge is 0.308 e. The number of carbonyl (C=O) groups is 2. The zero-order chi connectivity index (χ0) is 14.3. The molecule has 6 heteroatoms. The number of aryl methyl sites for hydroxylation is 1. The normalized spacial score (nSPS) is 18.6. The van der Waals surface area contributed by atoms with Gasteiger partial charge in [-0.05, 0) is 31.0 Å². The van der Waals surface area contributed by atoms with Gasteiger partial charge < -0.3 is 10.0 Å². The number of carbonyl (C=O) groups excluding carboxylic acids is 1. The first kappa shape index (κ1) is 12.7. The molecule has 3 rings (SSSR count). The Labute approximate surface area is 115 Å². The predicted molar refractivity (Wildman–Crippen MR) is 72.5 cm³/mol. The lowest BCUT2D eigenvalue weighted by molar-refractivity contribution is -0.141. The molecule has 20 heavy (non-hydrogen) atoms. The topological polar surface area (TPSA) is 86.3 Å². The highest BCUT2D eigenvalue weighted by Crippen LogP contribution is 2.23. The Bertz CT molecular complexity index is 692. The van der Waals surface area contributed by atoms with Crippen molar-refractivity contribution in [2.24, 2.45) is 5.92 Å². The van der Waals surface area contributed by atoms with Crippen LogP contribution in [0.25, 0.3) is 10.9 Å². The monoisotopic (exact) mass is 273 g/mol. The Balaban J connectivity index is 1.93. The van der Waals surface area contributed by atoms with Crippen molar-refractivity contribution in [1.82, 2.24) is 15.1 Å². The first-order chi connectivity index (χ1) is 9.56. The molecule has 2 heterocycles. The van der Waals surface area contributed by atoms with E-state index in [1.807, 2.05) is 19.1 Å². The summed E-state index contributed by atoms with van der Waals surface area (Å²) in [6.45, 7) is 2.68. The summed E-state index contributed by atoms with van der Waals surface area (Å²) >= 11 is 0. The molecule has 1 aliphatic rings. The van der Waals surface area contributed by atoms with Crippen molar-refractivity contribution in [2.75, 3.05) is 13.1 Å². The minimum absolute atomic E-state index is 0.133. The third-order valence-electron chi connectivity index (χ3n) is 3.75. The van der Waals surface area contributed by atoms with Crippen molar-refractivity contribution in [3.8, 4) is 0 Å². The number of aromatic amines is 1. The molecule has 0 radical (unpaired) electrons. The van der Waals surface area contributed by atoms with E-state index in [0.717, 1.165) is 10.9 Å². The molecule has 0 saturated carbocycles. The number of aromatic nitrogens is 2. The van der Waals surface area contributed by atoms with Crippen molar-refractivity contribution in [3.63, 3.8) is 0 Å². The molecular weight excluding hydrogens is 258 g/mol. The van der Waals surface area contributed by atoms with Gasteiger partial charge in [0.2, 0.25) is 0 Å². The zero-order valence-corrected chi connectivity index (χ0v) is 11.1. The maximum atomic E-state index is 12.6. The van der Waals surface area contributed by atoms with E-state index >= 15 is 0 Å². The van der Waals surface area contributed by atoms with Gasteiger partial charge in [-0.2, -0.15) is 5.10 Å². The molecule has 1 saturated heterocycles. The van der Waals surface area contributed by atoms with Gasteiger partial charge in [0.25, 0.3) is 5.91 Å². The Morgan fingerprint density at radius 1 is 1.45 bits per heavy atom. The van der Waals surface area contributed by atoms with Crippen molar-refractivity contribution in [2.45, 2.75) is 13.3 Å². The Morgan fingerprint density at radius 3 is 2.95 bits per heavy atom. The summed E-state index contributed by atoms with van der Waals surface area (Å²) in [5, 5.41) is 16.7. The molecule has 6 nitrogen and oxygen atoms in total. The van der Waals surface area contributed by atoms with E-state index in [1.54, 1.807) is 11.1 Å². The van der Waals surface area contributed by atoms with Crippen LogP contribution in [0.5, 0.6) is 0 Å². The second kappa shape index (κ2) is 4.63. The number of carboxylic acids is 1. The number of nitrogens with one attached hydrogen (secondary N) is 1. The van der Waals surface area contributed by atoms with Gasteiger partial charge in [0.15, 0.2) is 0 Å². The van der Waals surface area contributed by atoms with Gasteiger partial charge in [-0.15, -0.1) is 0 Å². The lowest BCUT2D eigenvalue weighted by Gasteiger charge is -2.16. The molecule has 1 unspecified atom stereocenters. The average molecular weight is 273 g/mol. The number of carboxylic acid groups (broad SMARTS) is 1. The lowest BCUT2D eigenvalue weighted by atomic mass is 10.1. The quantitative estimate of drug-likeness (QED) is 0.866. The predicted octanol–water partition coefficient (Wildman–Crippen LogP) is 1.42. The number of hydrogen-bond acceptors (Lipinski definition) is 3. The molecule has 1 atom stereocenters. The third kappa shape index (κ3) is 2.03. The molecule has 1 aromatic heterocycles. The zero-order valence-electron chi connectivity index (χ0n) is 11.1. The fourth-order valence-corrected chi connectivity index (χ4v) is 2.69. The Hall–Kier alpha value is -2.37. The minimum Gasteiger partial charge on any atom is -0.481 e. The highest BCUT2D eigenvalue weighted by atomic mass is 16.4. The van der Waals surface area contributed by atoms with E-state index in [2.05, 4.69) is 10.2 Å². The molecule has 2 N–H and O–H groups in total. The number of rotatable bonds is 2. The van der Waals surface area contributed by atoms with E-state index in [0.29, 0.717) is 24.0 Å². The molecule has 1 fully saturated rings. The van der Waals surface area contributed by atoms with Gasteiger partial charge in [-0.3, -0.25) is 14.7 Å². The lowest BCUT2D eigenvalue weighted by Crippen LogP contribution is -2.30. The SMILES string of the molecule is Cc1cc(C(=O)N2CCC(C(=O)O)C2)c2[nH]ncc2c1. The van der Waals surface area contributed by atoms with Gasteiger partial charge in [-0.1, -0.05) is 0 Å². The number of hydrogen-bond donors (Lipinski definition) is 2. The summed E-state index contributed by atoms with van der Waals surface area (Å²) in [5.74, 6) is -1.43. The van der Waals surface area contributed by atoms with Crippen LogP contribution in [-0.2, 0) is 4.79 Å². The molecule has 1 amide bonds. The van der Waals surface area contributed by atoms with Crippen LogP contribution in [0.1, 0.15) is 22.3 Å². The van der Waals surface area contributed by atoms with Crippen molar-refractivity contribution < 1.29 is 14.7 Å². The van der Waals surface area contributed by atoms with Crippen molar-refractivity contribution >= 4 is 22.8 Å². The number of nitrogens with zero attached hydrogens (tertiary/aromatic N) is 2. The van der Waals surface area contributed by atoms with E-state index in [1.165, 1.54) is 0 Å². The van der Waals surface area contributed by atoms with Crippen LogP contribution in [-0.4, -0.2) is 45.2 Å². The average Bonchev–Trinajstić information content (AvgIpc) is 3.05. The molecule has 0 spiro atoms. The molecule has 1 aromatic carbocycles. The summed E-state index contributed by atoms with van der Waals surface area (Å²) in [6.07, 6.45) is 2.20. The summed E-state index contributed by atoms with van der Waals surface area (Å²) in [4.78, 5) is 25.1. The molecule has 1 aliphatic heterocycles. The van der Waals surface area contributed by atoms with Crippen LogP contribution in [0.15, 0.2) is 18.3 Å². The van der Waals surface area contributed by atoms with Gasteiger partial charge in [0.1, 0.15) is 0 Å². The maximum absolute atomic E-state index is 12.6. The van der Waals surface area contributed by atoms with Crippen LogP contribution < -0.4 is 0 Å². The summed E-state index contributed by atoms with van der Waals surface area (Å²) in [7, 11) is 0. The van der Waals surface area contributed by atoms with Crippen LogP contribution >= 0.6 is 0 Å². The van der Waals surface area contributed by atoms with E-state index < -0.39 is 11.9 Å². The van der Waals surface area contributed by atoms with Crippen LogP contribution in [0.2, 0.25) is 0 Å².